The van der Waals surface area contributed by atoms with Crippen molar-refractivity contribution < 1.29 is 15.0 Å². The maximum atomic E-state index is 11.6. The van der Waals surface area contributed by atoms with E-state index in [2.05, 4.69) is 71.3 Å². The summed E-state index contributed by atoms with van der Waals surface area (Å²) in [6, 6.07) is 8.75. The summed E-state index contributed by atoms with van der Waals surface area (Å²) in [6.07, 6.45) is 18.5. The van der Waals surface area contributed by atoms with E-state index < -0.39 is 11.6 Å². The van der Waals surface area contributed by atoms with Crippen molar-refractivity contribution in [3.8, 4) is 0 Å². The van der Waals surface area contributed by atoms with Crippen LogP contribution in [0.2, 0.25) is 0 Å². The predicted molar refractivity (Wildman–Crippen MR) is 207 cm³/mol. The number of carbonyl (C=O) groups is 1. The third-order valence-corrected chi connectivity index (χ3v) is 18.1. The van der Waals surface area contributed by atoms with Gasteiger partial charge in [0.2, 0.25) is 0 Å². The van der Waals surface area contributed by atoms with Crippen LogP contribution in [0.1, 0.15) is 148 Å². The van der Waals surface area contributed by atoms with E-state index in [-0.39, 0.29) is 16.4 Å². The first kappa shape index (κ1) is 36.0. The Morgan fingerprint density at radius 1 is 0.863 bits per heavy atom. The fourth-order valence-electron chi connectivity index (χ4n) is 15.7. The van der Waals surface area contributed by atoms with Gasteiger partial charge in [-0.15, -0.1) is 0 Å². The summed E-state index contributed by atoms with van der Waals surface area (Å²) in [6.45, 7) is 24.3. The standard InChI is InChI=1S/C46H68N2O3/c1-29(2)34-17-22-46(47-25-26-48-32-13-14-33(48)28-42(5,51)27-32)24-23-44(7)36(39(34)46)15-16-38-43(6)20-18-35(30-9-11-31(12-10-30)40(49)50)41(3,4)37(43)19-21-45(38,44)8/h9-12,18,32-34,36-39,47,51H,1,13-17,19-28H2,2-8H3,(H,49,50)/t32-,33+,34-,36+,37-,38+,39+,42?,43-,44+,45+,46-/m0/s1. The second-order valence-corrected chi connectivity index (χ2v) is 20.7. The Labute approximate surface area is 309 Å². The molecule has 0 spiro atoms. The molecule has 2 bridgehead atoms. The van der Waals surface area contributed by atoms with Gasteiger partial charge in [0.25, 0.3) is 0 Å². The summed E-state index contributed by atoms with van der Waals surface area (Å²) >= 11 is 0. The predicted octanol–water partition coefficient (Wildman–Crippen LogP) is 9.76. The van der Waals surface area contributed by atoms with Gasteiger partial charge in [-0.2, -0.15) is 0 Å². The fraction of sp³-hybridized carbons (Fsp3) is 0.761. The number of aromatic carboxylic acids is 1. The Morgan fingerprint density at radius 3 is 2.20 bits per heavy atom. The molecule has 5 heteroatoms. The van der Waals surface area contributed by atoms with Gasteiger partial charge >= 0.3 is 5.97 Å². The quantitative estimate of drug-likeness (QED) is 0.248. The van der Waals surface area contributed by atoms with Gasteiger partial charge in [-0.05, 0) is 172 Å². The van der Waals surface area contributed by atoms with Crippen molar-refractivity contribution in [1.82, 2.24) is 10.2 Å². The number of nitrogens with one attached hydrogen (secondary N) is 1. The minimum absolute atomic E-state index is 0.0304. The maximum absolute atomic E-state index is 11.6. The van der Waals surface area contributed by atoms with Crippen molar-refractivity contribution in [2.45, 2.75) is 155 Å². The van der Waals surface area contributed by atoms with E-state index in [1.165, 1.54) is 80.9 Å². The summed E-state index contributed by atoms with van der Waals surface area (Å²) in [4.78, 5) is 14.3. The number of benzene rings is 1. The van der Waals surface area contributed by atoms with Crippen LogP contribution in [-0.2, 0) is 0 Å². The van der Waals surface area contributed by atoms with E-state index >= 15 is 0 Å². The molecule has 7 aliphatic rings. The average molecular weight is 697 g/mol. The summed E-state index contributed by atoms with van der Waals surface area (Å²) < 4.78 is 0. The molecule has 0 aromatic heterocycles. The molecule has 6 fully saturated rings. The van der Waals surface area contributed by atoms with Crippen LogP contribution in [0.3, 0.4) is 0 Å². The molecule has 3 N–H and O–H groups in total. The molecule has 280 valence electrons. The molecule has 1 aromatic rings. The number of aliphatic hydroxyl groups is 1. The summed E-state index contributed by atoms with van der Waals surface area (Å²) in [5.74, 6) is 2.45. The molecule has 5 nitrogen and oxygen atoms in total. The van der Waals surface area contributed by atoms with Gasteiger partial charge in [0, 0.05) is 30.7 Å². The average Bonchev–Trinajstić information content (AvgIpc) is 3.56. The first-order valence-corrected chi connectivity index (χ1v) is 20.9. The molecule has 1 unspecified atom stereocenters. The van der Waals surface area contributed by atoms with E-state index in [9.17, 15) is 15.0 Å². The highest BCUT2D eigenvalue weighted by Gasteiger charge is 2.70. The number of rotatable bonds is 7. The normalized spacial score (nSPS) is 47.1. The Morgan fingerprint density at radius 2 is 1.55 bits per heavy atom. The second kappa shape index (κ2) is 12.0. The molecule has 4 saturated carbocycles. The lowest BCUT2D eigenvalue weighted by atomic mass is 9.33. The zero-order valence-corrected chi connectivity index (χ0v) is 33.0. The van der Waals surface area contributed by atoms with Crippen molar-refractivity contribution in [2.24, 2.45) is 51.2 Å². The van der Waals surface area contributed by atoms with E-state index in [1.54, 1.807) is 12.1 Å². The highest BCUT2D eigenvalue weighted by Crippen LogP contribution is 2.76. The van der Waals surface area contributed by atoms with Crippen molar-refractivity contribution in [2.75, 3.05) is 13.1 Å². The van der Waals surface area contributed by atoms with Crippen LogP contribution in [0.15, 0.2) is 42.5 Å². The molecule has 1 aromatic carbocycles. The number of carboxylic acid groups (broad SMARTS) is 1. The van der Waals surface area contributed by atoms with E-state index in [0.29, 0.717) is 52.1 Å². The molecule has 2 aliphatic heterocycles. The first-order chi connectivity index (χ1) is 24.0. The molecule has 8 rings (SSSR count). The van der Waals surface area contributed by atoms with Crippen molar-refractivity contribution in [1.29, 1.82) is 0 Å². The highest BCUT2D eigenvalue weighted by atomic mass is 16.4. The second-order valence-electron chi connectivity index (χ2n) is 20.7. The van der Waals surface area contributed by atoms with Gasteiger partial charge in [-0.1, -0.05) is 65.0 Å². The maximum Gasteiger partial charge on any atom is 0.335 e. The lowest BCUT2D eigenvalue weighted by molar-refractivity contribution is -0.219. The fourth-order valence-corrected chi connectivity index (χ4v) is 15.7. The SMILES string of the molecule is C=C(C)[C@@H]1CC[C@]2(NCCN3[C@@H]4CC[C@H]3CC(C)(O)C4)CC[C@]3(C)[C@H](CC[C@@H]4[C@@]5(C)CC=C(c6ccc(C(=O)O)cc6)C(C)(C)[C@@H]5CC[C@]43C)[C@@H]12. The molecule has 2 saturated heterocycles. The summed E-state index contributed by atoms with van der Waals surface area (Å²) in [5, 5.41) is 24.7. The number of nitrogens with zero attached hydrogens (tertiary/aromatic N) is 1. The Hall–Kier alpha value is -1.95. The van der Waals surface area contributed by atoms with Gasteiger partial charge in [0.05, 0.1) is 11.2 Å². The largest absolute Gasteiger partial charge is 0.478 e. The molecule has 5 aliphatic carbocycles. The minimum atomic E-state index is -0.857. The van der Waals surface area contributed by atoms with Gasteiger partial charge in [-0.3, -0.25) is 4.90 Å². The minimum Gasteiger partial charge on any atom is -0.478 e. The van der Waals surface area contributed by atoms with Crippen LogP contribution >= 0.6 is 0 Å². The van der Waals surface area contributed by atoms with Crippen LogP contribution in [0, 0.1) is 51.2 Å². The highest BCUT2D eigenvalue weighted by molar-refractivity contribution is 5.88. The lowest BCUT2D eigenvalue weighted by Crippen LogP contribution is -2.68. The molecule has 51 heavy (non-hydrogen) atoms. The Balaban J connectivity index is 1.05. The van der Waals surface area contributed by atoms with Crippen molar-refractivity contribution in [3.05, 3.63) is 53.6 Å². The number of fused-ring (bicyclic) bond motifs is 9. The first-order valence-electron chi connectivity index (χ1n) is 20.9. The zero-order valence-electron chi connectivity index (χ0n) is 33.0. The Bertz CT molecular complexity index is 1580. The molecular weight excluding hydrogens is 629 g/mol. The summed E-state index contributed by atoms with van der Waals surface area (Å²) in [7, 11) is 0. The lowest BCUT2D eigenvalue weighted by Gasteiger charge is -2.72. The monoisotopic (exact) mass is 697 g/mol. The topological polar surface area (TPSA) is 72.8 Å². The van der Waals surface area contributed by atoms with Crippen LogP contribution in [0.5, 0.6) is 0 Å². The number of carboxylic acids is 1. The number of allylic oxidation sites excluding steroid dienone is 3. The number of hydrogen-bond donors (Lipinski definition) is 3. The van der Waals surface area contributed by atoms with Gasteiger partial charge in [0.1, 0.15) is 0 Å². The van der Waals surface area contributed by atoms with Crippen LogP contribution < -0.4 is 5.32 Å². The van der Waals surface area contributed by atoms with Crippen LogP contribution in [0.4, 0.5) is 0 Å². The third-order valence-electron chi connectivity index (χ3n) is 18.1. The van der Waals surface area contributed by atoms with Gasteiger partial charge in [-0.25, -0.2) is 4.79 Å². The van der Waals surface area contributed by atoms with E-state index in [4.69, 9.17) is 0 Å². The zero-order chi connectivity index (χ0) is 36.4. The van der Waals surface area contributed by atoms with Gasteiger partial charge < -0.3 is 15.5 Å². The molecular formula is C46H68N2O3. The third kappa shape index (κ3) is 5.27. The van der Waals surface area contributed by atoms with Gasteiger partial charge in [0.15, 0.2) is 0 Å². The Kier molecular flexibility index (Phi) is 8.50. The summed E-state index contributed by atoms with van der Waals surface area (Å²) in [5.41, 5.74) is 5.03. The molecule has 12 atom stereocenters. The molecule has 0 amide bonds. The number of hydrogen-bond acceptors (Lipinski definition) is 4. The van der Waals surface area contributed by atoms with E-state index in [0.717, 1.165) is 38.3 Å². The van der Waals surface area contributed by atoms with Crippen LogP contribution in [0.25, 0.3) is 5.57 Å². The molecule has 0 radical (unpaired) electrons. The van der Waals surface area contributed by atoms with Crippen molar-refractivity contribution >= 4 is 11.5 Å². The smallest absolute Gasteiger partial charge is 0.335 e. The van der Waals surface area contributed by atoms with Crippen LogP contribution in [-0.4, -0.2) is 57.4 Å². The molecule has 2 heterocycles. The van der Waals surface area contributed by atoms with Crippen molar-refractivity contribution in [3.63, 3.8) is 0 Å². The van der Waals surface area contributed by atoms with E-state index in [1.807, 2.05) is 12.1 Å². The number of piperidine rings is 1.